The average molecular weight is 237 g/mol. The molecule has 0 bridgehead atoms. The van der Waals surface area contributed by atoms with Gasteiger partial charge in [-0.1, -0.05) is 6.07 Å². The fourth-order valence-corrected chi connectivity index (χ4v) is 2.35. The maximum atomic E-state index is 13.4. The van der Waals surface area contributed by atoms with Crippen molar-refractivity contribution in [3.63, 3.8) is 0 Å². The summed E-state index contributed by atoms with van der Waals surface area (Å²) >= 11 is 1.58. The molecule has 0 atom stereocenters. The molecule has 2 aromatic rings. The van der Waals surface area contributed by atoms with E-state index in [-0.39, 0.29) is 5.82 Å². The Morgan fingerprint density at radius 1 is 1.19 bits per heavy atom. The lowest BCUT2D eigenvalue weighted by molar-refractivity contribution is 0.530. The zero-order chi connectivity index (χ0) is 11.4. The summed E-state index contributed by atoms with van der Waals surface area (Å²) < 4.78 is 18.6. The number of rotatable bonds is 4. The first-order valence-corrected chi connectivity index (χ1v) is 6.06. The second kappa shape index (κ2) is 5.07. The maximum absolute atomic E-state index is 13.4. The van der Waals surface area contributed by atoms with Gasteiger partial charge in [0.2, 0.25) is 0 Å². The van der Waals surface area contributed by atoms with Crippen molar-refractivity contribution in [2.24, 2.45) is 0 Å². The molecular weight excluding hydrogens is 225 g/mol. The Hall–Kier alpha value is -1.42. The van der Waals surface area contributed by atoms with Gasteiger partial charge in [0.15, 0.2) is 0 Å². The smallest absolute Gasteiger partial charge is 0.129 e. The Morgan fingerprint density at radius 2 is 2.06 bits per heavy atom. The van der Waals surface area contributed by atoms with Crippen molar-refractivity contribution >= 4 is 17.4 Å². The van der Waals surface area contributed by atoms with E-state index in [0.717, 1.165) is 11.5 Å². The third kappa shape index (κ3) is 2.58. The molecule has 1 aromatic heterocycles. The van der Waals surface area contributed by atoms with Gasteiger partial charge in [0, 0.05) is 17.0 Å². The Bertz CT molecular complexity index is 436. The van der Waals surface area contributed by atoms with Crippen LogP contribution in [0.25, 0.3) is 0 Å². The topological polar surface area (TPSA) is 39.2 Å². The van der Waals surface area contributed by atoms with Gasteiger partial charge in [0.1, 0.15) is 11.6 Å². The molecule has 0 fully saturated rings. The molecule has 0 amide bonds. The molecule has 16 heavy (non-hydrogen) atoms. The van der Waals surface area contributed by atoms with E-state index >= 15 is 0 Å². The molecule has 1 aromatic carbocycles. The van der Waals surface area contributed by atoms with Gasteiger partial charge in [-0.05, 0) is 24.3 Å². The Kier molecular flexibility index (Phi) is 3.51. The molecule has 1 heterocycles. The van der Waals surface area contributed by atoms with Crippen molar-refractivity contribution in [1.82, 2.24) is 0 Å². The standard InChI is InChI=1S/C12H12FNOS/c13-11-4-1-5-12(14)10(11)8-16-7-9-3-2-6-15-9/h1-6H,7-8,14H2. The monoisotopic (exact) mass is 237 g/mol. The van der Waals surface area contributed by atoms with Gasteiger partial charge in [-0.15, -0.1) is 11.8 Å². The van der Waals surface area contributed by atoms with Crippen molar-refractivity contribution in [3.05, 3.63) is 53.7 Å². The number of thioether (sulfide) groups is 1. The van der Waals surface area contributed by atoms with Crippen molar-refractivity contribution in [3.8, 4) is 0 Å². The number of benzene rings is 1. The van der Waals surface area contributed by atoms with Crippen molar-refractivity contribution < 1.29 is 8.81 Å². The molecule has 2 rings (SSSR count). The number of hydrogen-bond acceptors (Lipinski definition) is 3. The highest BCUT2D eigenvalue weighted by atomic mass is 32.2. The van der Waals surface area contributed by atoms with Crippen LogP contribution in [-0.2, 0) is 11.5 Å². The second-order valence-corrected chi connectivity index (χ2v) is 4.37. The van der Waals surface area contributed by atoms with E-state index in [2.05, 4.69) is 0 Å². The number of halogens is 1. The van der Waals surface area contributed by atoms with E-state index in [1.165, 1.54) is 6.07 Å². The van der Waals surface area contributed by atoms with Gasteiger partial charge in [0.25, 0.3) is 0 Å². The van der Waals surface area contributed by atoms with Crippen LogP contribution in [0.4, 0.5) is 10.1 Å². The fourth-order valence-electron chi connectivity index (χ4n) is 1.38. The molecule has 0 aliphatic heterocycles. The molecule has 0 unspecified atom stereocenters. The van der Waals surface area contributed by atoms with Crippen LogP contribution >= 0.6 is 11.8 Å². The van der Waals surface area contributed by atoms with Gasteiger partial charge in [-0.25, -0.2) is 4.39 Å². The van der Waals surface area contributed by atoms with E-state index in [4.69, 9.17) is 10.2 Å². The molecule has 0 saturated carbocycles. The summed E-state index contributed by atoms with van der Waals surface area (Å²) in [4.78, 5) is 0. The molecule has 2 nitrogen and oxygen atoms in total. The normalized spacial score (nSPS) is 10.6. The lowest BCUT2D eigenvalue weighted by Crippen LogP contribution is -1.96. The van der Waals surface area contributed by atoms with Crippen LogP contribution in [0.2, 0.25) is 0 Å². The van der Waals surface area contributed by atoms with E-state index < -0.39 is 0 Å². The number of anilines is 1. The number of nitrogen functional groups attached to an aromatic ring is 1. The number of hydrogen-bond donors (Lipinski definition) is 1. The third-order valence-corrected chi connectivity index (χ3v) is 3.21. The zero-order valence-corrected chi connectivity index (χ0v) is 9.47. The Labute approximate surface area is 97.6 Å². The van der Waals surface area contributed by atoms with Gasteiger partial charge < -0.3 is 10.2 Å². The van der Waals surface area contributed by atoms with Crippen LogP contribution in [0.15, 0.2) is 41.0 Å². The lowest BCUT2D eigenvalue weighted by Gasteiger charge is -2.05. The minimum Gasteiger partial charge on any atom is -0.468 e. The minimum absolute atomic E-state index is 0.244. The van der Waals surface area contributed by atoms with Gasteiger partial charge in [-0.2, -0.15) is 0 Å². The Balaban J connectivity index is 1.95. The third-order valence-electron chi connectivity index (χ3n) is 2.23. The SMILES string of the molecule is Nc1cccc(F)c1CSCc1ccco1. The number of nitrogens with two attached hydrogens (primary N) is 1. The van der Waals surface area contributed by atoms with Crippen molar-refractivity contribution in [2.45, 2.75) is 11.5 Å². The Morgan fingerprint density at radius 3 is 2.75 bits per heavy atom. The quantitative estimate of drug-likeness (QED) is 0.828. The van der Waals surface area contributed by atoms with Crippen LogP contribution in [0.5, 0.6) is 0 Å². The van der Waals surface area contributed by atoms with E-state index in [0.29, 0.717) is 17.0 Å². The van der Waals surface area contributed by atoms with Crippen LogP contribution in [0.3, 0.4) is 0 Å². The summed E-state index contributed by atoms with van der Waals surface area (Å²) in [6.45, 7) is 0. The van der Waals surface area contributed by atoms with Crippen LogP contribution in [0, 0.1) is 5.82 Å². The number of furan rings is 1. The first kappa shape index (κ1) is 11.1. The summed E-state index contributed by atoms with van der Waals surface area (Å²) in [5.74, 6) is 1.92. The molecular formula is C12H12FNOS. The largest absolute Gasteiger partial charge is 0.468 e. The van der Waals surface area contributed by atoms with Crippen LogP contribution in [0.1, 0.15) is 11.3 Å². The van der Waals surface area contributed by atoms with Gasteiger partial charge in [0.05, 0.1) is 12.0 Å². The van der Waals surface area contributed by atoms with E-state index in [1.807, 2.05) is 12.1 Å². The highest BCUT2D eigenvalue weighted by Gasteiger charge is 2.06. The molecule has 2 N–H and O–H groups in total. The summed E-state index contributed by atoms with van der Waals surface area (Å²) in [6.07, 6.45) is 1.63. The maximum Gasteiger partial charge on any atom is 0.129 e. The van der Waals surface area contributed by atoms with Crippen LogP contribution < -0.4 is 5.73 Å². The molecule has 0 aliphatic rings. The first-order valence-electron chi connectivity index (χ1n) is 4.90. The molecule has 0 radical (unpaired) electrons. The minimum atomic E-state index is -0.244. The fraction of sp³-hybridized carbons (Fsp3) is 0.167. The first-order chi connectivity index (χ1) is 7.77. The summed E-state index contributed by atoms with van der Waals surface area (Å²) in [7, 11) is 0. The molecule has 0 spiro atoms. The lowest BCUT2D eigenvalue weighted by atomic mass is 10.2. The molecule has 0 saturated heterocycles. The average Bonchev–Trinajstić information content (AvgIpc) is 2.75. The molecule has 0 aliphatic carbocycles. The summed E-state index contributed by atoms with van der Waals surface area (Å²) in [5, 5.41) is 0. The predicted molar refractivity (Wildman–Crippen MR) is 64.5 cm³/mol. The second-order valence-electron chi connectivity index (χ2n) is 3.38. The van der Waals surface area contributed by atoms with Crippen LogP contribution in [-0.4, -0.2) is 0 Å². The van der Waals surface area contributed by atoms with Gasteiger partial charge in [-0.3, -0.25) is 0 Å². The molecule has 84 valence electrons. The van der Waals surface area contributed by atoms with Crippen molar-refractivity contribution in [1.29, 1.82) is 0 Å². The summed E-state index contributed by atoms with van der Waals surface area (Å²) in [5.41, 5.74) is 6.78. The zero-order valence-electron chi connectivity index (χ0n) is 8.65. The summed E-state index contributed by atoms with van der Waals surface area (Å²) in [6, 6.07) is 8.50. The highest BCUT2D eigenvalue weighted by Crippen LogP contribution is 2.24. The predicted octanol–water partition coefficient (Wildman–Crippen LogP) is 3.43. The van der Waals surface area contributed by atoms with Crippen molar-refractivity contribution in [2.75, 3.05) is 5.73 Å². The van der Waals surface area contributed by atoms with E-state index in [9.17, 15) is 4.39 Å². The molecule has 4 heteroatoms. The van der Waals surface area contributed by atoms with Gasteiger partial charge >= 0.3 is 0 Å². The highest BCUT2D eigenvalue weighted by molar-refractivity contribution is 7.97. The van der Waals surface area contributed by atoms with E-state index in [1.54, 1.807) is 30.2 Å².